The Hall–Kier alpha value is -0.610. The molecule has 1 aromatic rings. The first kappa shape index (κ1) is 9.48. The van der Waals surface area contributed by atoms with Crippen LogP contribution in [0.15, 0.2) is 11.0 Å². The van der Waals surface area contributed by atoms with Gasteiger partial charge in [-0.2, -0.15) is 0 Å². The lowest BCUT2D eigenvalue weighted by Gasteiger charge is -2.05. The molecule has 0 unspecified atom stereocenters. The maximum absolute atomic E-state index is 12.7. The number of phenolic OH excluding ortho intramolecular Hbond substituents is 2. The maximum Gasteiger partial charge on any atom is 0.195 e. The number of hydrogen-bond acceptors (Lipinski definition) is 3. The van der Waals surface area contributed by atoms with Crippen LogP contribution in [0.5, 0.6) is 11.5 Å². The zero-order chi connectivity index (χ0) is 9.30. The van der Waals surface area contributed by atoms with Gasteiger partial charge < -0.3 is 10.2 Å². The third-order valence-electron chi connectivity index (χ3n) is 1.35. The number of thioether (sulfide) groups is 1. The lowest BCUT2D eigenvalue weighted by atomic mass is 10.3. The minimum Gasteiger partial charge on any atom is -0.503 e. The van der Waals surface area contributed by atoms with Crippen molar-refractivity contribution in [1.82, 2.24) is 0 Å². The molecule has 0 aliphatic rings. The molecule has 5 heteroatoms. The van der Waals surface area contributed by atoms with E-state index in [0.717, 1.165) is 6.07 Å². The van der Waals surface area contributed by atoms with Crippen molar-refractivity contribution < 1.29 is 14.6 Å². The van der Waals surface area contributed by atoms with Crippen LogP contribution in [0.1, 0.15) is 0 Å². The zero-order valence-electron chi connectivity index (χ0n) is 6.14. The topological polar surface area (TPSA) is 40.5 Å². The van der Waals surface area contributed by atoms with E-state index in [2.05, 4.69) is 0 Å². The highest BCUT2D eigenvalue weighted by Crippen LogP contribution is 2.41. The summed E-state index contributed by atoms with van der Waals surface area (Å²) in [5.41, 5.74) is 0. The van der Waals surface area contributed by atoms with E-state index in [9.17, 15) is 4.39 Å². The second-order valence-electron chi connectivity index (χ2n) is 2.07. The molecule has 0 spiro atoms. The Morgan fingerprint density at radius 3 is 2.50 bits per heavy atom. The molecule has 66 valence electrons. The van der Waals surface area contributed by atoms with Crippen molar-refractivity contribution in [3.63, 3.8) is 0 Å². The molecule has 0 aromatic heterocycles. The van der Waals surface area contributed by atoms with Gasteiger partial charge in [-0.15, -0.1) is 11.8 Å². The normalized spacial score (nSPS) is 10.2. The van der Waals surface area contributed by atoms with E-state index >= 15 is 0 Å². The molecule has 0 bridgehead atoms. The smallest absolute Gasteiger partial charge is 0.195 e. The molecule has 2 N–H and O–H groups in total. The van der Waals surface area contributed by atoms with Crippen LogP contribution in [0.2, 0.25) is 5.02 Å². The van der Waals surface area contributed by atoms with Gasteiger partial charge in [-0.1, -0.05) is 11.6 Å². The number of hydrogen-bond donors (Lipinski definition) is 2. The Morgan fingerprint density at radius 2 is 2.00 bits per heavy atom. The lowest BCUT2D eigenvalue weighted by molar-refractivity contribution is 0.377. The standard InChI is InChI=1S/C7H6ClFO2S/c1-12-4-2-3(9)6(10)7(11)5(4)8/h2,10-11H,1H3. The van der Waals surface area contributed by atoms with Crippen LogP contribution in [0.25, 0.3) is 0 Å². The monoisotopic (exact) mass is 208 g/mol. The lowest BCUT2D eigenvalue weighted by Crippen LogP contribution is -1.81. The van der Waals surface area contributed by atoms with Crippen molar-refractivity contribution in [2.24, 2.45) is 0 Å². The van der Waals surface area contributed by atoms with Crippen molar-refractivity contribution >= 4 is 23.4 Å². The maximum atomic E-state index is 12.7. The SMILES string of the molecule is CSc1cc(F)c(O)c(O)c1Cl. The summed E-state index contributed by atoms with van der Waals surface area (Å²) in [4.78, 5) is 0.393. The molecule has 0 amide bonds. The average molecular weight is 209 g/mol. The molecule has 0 saturated carbocycles. The summed E-state index contributed by atoms with van der Waals surface area (Å²) in [5.74, 6) is -2.29. The largest absolute Gasteiger partial charge is 0.503 e. The van der Waals surface area contributed by atoms with E-state index in [1.807, 2.05) is 0 Å². The summed E-state index contributed by atoms with van der Waals surface area (Å²) in [7, 11) is 0. The summed E-state index contributed by atoms with van der Waals surface area (Å²) in [6.45, 7) is 0. The molecule has 0 heterocycles. The quantitative estimate of drug-likeness (QED) is 0.551. The number of halogens is 2. The summed E-state index contributed by atoms with van der Waals surface area (Å²) >= 11 is 6.76. The number of benzene rings is 1. The van der Waals surface area contributed by atoms with Gasteiger partial charge in [-0.25, -0.2) is 4.39 Å². The molecule has 0 fully saturated rings. The second-order valence-corrected chi connectivity index (χ2v) is 3.30. The van der Waals surface area contributed by atoms with Gasteiger partial charge in [-0.3, -0.25) is 0 Å². The van der Waals surface area contributed by atoms with Gasteiger partial charge in [0.15, 0.2) is 17.3 Å². The third kappa shape index (κ3) is 1.44. The van der Waals surface area contributed by atoms with Crippen LogP contribution >= 0.6 is 23.4 Å². The molecule has 0 saturated heterocycles. The van der Waals surface area contributed by atoms with E-state index in [0.29, 0.717) is 4.90 Å². The van der Waals surface area contributed by atoms with Crippen molar-refractivity contribution in [3.05, 3.63) is 16.9 Å². The Bertz CT molecular complexity index is 317. The molecule has 0 aliphatic carbocycles. The second kappa shape index (κ2) is 3.41. The summed E-state index contributed by atoms with van der Waals surface area (Å²) in [6, 6.07) is 1.07. The Morgan fingerprint density at radius 1 is 1.42 bits per heavy atom. The molecule has 12 heavy (non-hydrogen) atoms. The first-order chi connectivity index (χ1) is 5.57. The average Bonchev–Trinajstić information content (AvgIpc) is 2.08. The van der Waals surface area contributed by atoms with Crippen LogP contribution in [0, 0.1) is 5.82 Å². The van der Waals surface area contributed by atoms with Gasteiger partial charge in [0.1, 0.15) is 0 Å². The van der Waals surface area contributed by atoms with Crippen molar-refractivity contribution in [3.8, 4) is 11.5 Å². The minimum absolute atomic E-state index is 0.0265. The molecule has 0 aliphatic heterocycles. The minimum atomic E-state index is -0.874. The van der Waals surface area contributed by atoms with Crippen LogP contribution in [-0.2, 0) is 0 Å². The van der Waals surface area contributed by atoms with Crippen molar-refractivity contribution in [1.29, 1.82) is 0 Å². The fourth-order valence-electron chi connectivity index (χ4n) is 0.729. The highest BCUT2D eigenvalue weighted by molar-refractivity contribution is 7.98. The summed E-state index contributed by atoms with van der Waals surface area (Å²) < 4.78 is 12.7. The highest BCUT2D eigenvalue weighted by Gasteiger charge is 2.14. The highest BCUT2D eigenvalue weighted by atomic mass is 35.5. The van der Waals surface area contributed by atoms with Gasteiger partial charge in [0.05, 0.1) is 5.02 Å². The molecular formula is C7H6ClFO2S. The molecule has 0 radical (unpaired) electrons. The Balaban J connectivity index is 3.39. The van der Waals surface area contributed by atoms with E-state index in [1.165, 1.54) is 11.8 Å². The van der Waals surface area contributed by atoms with Crippen molar-refractivity contribution in [2.75, 3.05) is 6.26 Å². The number of rotatable bonds is 1. The summed E-state index contributed by atoms with van der Waals surface area (Å²) in [6.07, 6.45) is 1.69. The number of phenols is 2. The summed E-state index contributed by atoms with van der Waals surface area (Å²) in [5, 5.41) is 17.9. The van der Waals surface area contributed by atoms with E-state index in [4.69, 9.17) is 21.8 Å². The molecule has 1 rings (SSSR count). The Kier molecular flexibility index (Phi) is 2.69. The first-order valence-corrected chi connectivity index (χ1v) is 4.62. The first-order valence-electron chi connectivity index (χ1n) is 3.01. The van der Waals surface area contributed by atoms with Gasteiger partial charge >= 0.3 is 0 Å². The Labute approximate surface area is 78.0 Å². The molecule has 2 nitrogen and oxygen atoms in total. The van der Waals surface area contributed by atoms with Crippen LogP contribution < -0.4 is 0 Å². The predicted molar refractivity (Wildman–Crippen MR) is 46.5 cm³/mol. The van der Waals surface area contributed by atoms with E-state index in [-0.39, 0.29) is 5.02 Å². The van der Waals surface area contributed by atoms with E-state index in [1.54, 1.807) is 6.26 Å². The van der Waals surface area contributed by atoms with Gasteiger partial charge in [0, 0.05) is 4.90 Å². The number of aromatic hydroxyl groups is 2. The van der Waals surface area contributed by atoms with Gasteiger partial charge in [0.25, 0.3) is 0 Å². The van der Waals surface area contributed by atoms with Gasteiger partial charge in [-0.05, 0) is 12.3 Å². The van der Waals surface area contributed by atoms with Crippen LogP contribution in [-0.4, -0.2) is 16.5 Å². The fraction of sp³-hybridized carbons (Fsp3) is 0.143. The third-order valence-corrected chi connectivity index (χ3v) is 2.61. The zero-order valence-corrected chi connectivity index (χ0v) is 7.71. The van der Waals surface area contributed by atoms with Crippen LogP contribution in [0.4, 0.5) is 4.39 Å². The fourth-order valence-corrected chi connectivity index (χ4v) is 1.60. The predicted octanol–water partition coefficient (Wildman–Crippen LogP) is 2.61. The van der Waals surface area contributed by atoms with E-state index < -0.39 is 17.3 Å². The van der Waals surface area contributed by atoms with Crippen molar-refractivity contribution in [2.45, 2.75) is 4.90 Å². The molecule has 1 aromatic carbocycles. The molecular weight excluding hydrogens is 203 g/mol. The van der Waals surface area contributed by atoms with Gasteiger partial charge in [0.2, 0.25) is 0 Å². The molecule has 0 atom stereocenters. The van der Waals surface area contributed by atoms with Crippen LogP contribution in [0.3, 0.4) is 0 Å².